The van der Waals surface area contributed by atoms with Crippen LogP contribution in [0.25, 0.3) is 0 Å². The predicted molar refractivity (Wildman–Crippen MR) is 76.7 cm³/mol. The lowest BCUT2D eigenvalue weighted by Crippen LogP contribution is -2.26. The van der Waals surface area contributed by atoms with Gasteiger partial charge in [-0.15, -0.1) is 0 Å². The molecule has 0 unspecified atom stereocenters. The third kappa shape index (κ3) is 3.35. The van der Waals surface area contributed by atoms with Crippen LogP contribution in [0.1, 0.15) is 13.3 Å². The lowest BCUT2D eigenvalue weighted by molar-refractivity contribution is 0.156. The van der Waals surface area contributed by atoms with E-state index in [0.29, 0.717) is 6.61 Å². The van der Waals surface area contributed by atoms with Gasteiger partial charge in [-0.05, 0) is 30.7 Å². The number of ether oxygens (including phenoxy) is 1. The molecule has 0 radical (unpaired) electrons. The van der Waals surface area contributed by atoms with Crippen LogP contribution >= 0.6 is 0 Å². The Morgan fingerprint density at radius 3 is 1.84 bits per heavy atom. The van der Waals surface area contributed by atoms with Gasteiger partial charge in [0.05, 0.1) is 18.0 Å². The van der Waals surface area contributed by atoms with Crippen LogP contribution < -0.4 is 4.90 Å². The van der Waals surface area contributed by atoms with Crippen LogP contribution in [0.3, 0.4) is 0 Å². The molecule has 0 aromatic heterocycles. The summed E-state index contributed by atoms with van der Waals surface area (Å²) in [6, 6.07) is 19.0. The smallest absolute Gasteiger partial charge is 0.418 e. The van der Waals surface area contributed by atoms with E-state index in [0.717, 1.165) is 17.8 Å². The number of amides is 1. The van der Waals surface area contributed by atoms with Gasteiger partial charge in [-0.1, -0.05) is 43.3 Å². The summed E-state index contributed by atoms with van der Waals surface area (Å²) in [6.07, 6.45) is 0.461. The van der Waals surface area contributed by atoms with Crippen molar-refractivity contribution < 1.29 is 9.53 Å². The summed E-state index contributed by atoms with van der Waals surface area (Å²) in [7, 11) is 0. The Kier molecular flexibility index (Phi) is 4.56. The van der Waals surface area contributed by atoms with Gasteiger partial charge >= 0.3 is 6.09 Å². The molecule has 19 heavy (non-hydrogen) atoms. The minimum Gasteiger partial charge on any atom is -0.449 e. The van der Waals surface area contributed by atoms with Crippen LogP contribution in [0, 0.1) is 0 Å². The summed E-state index contributed by atoms with van der Waals surface area (Å²) in [5.74, 6) is 0. The molecule has 2 aromatic rings. The largest absolute Gasteiger partial charge is 0.449 e. The number of para-hydroxylation sites is 2. The fourth-order valence-corrected chi connectivity index (χ4v) is 1.77. The first-order chi connectivity index (χ1) is 9.33. The van der Waals surface area contributed by atoms with Crippen molar-refractivity contribution in [3.63, 3.8) is 0 Å². The highest BCUT2D eigenvalue weighted by atomic mass is 16.6. The predicted octanol–water partition coefficient (Wildman–Crippen LogP) is 4.37. The fraction of sp³-hybridized carbons (Fsp3) is 0.188. The molecular formula is C16H17NO2. The van der Waals surface area contributed by atoms with Crippen molar-refractivity contribution in [1.82, 2.24) is 0 Å². The van der Waals surface area contributed by atoms with Crippen molar-refractivity contribution in [1.29, 1.82) is 0 Å². The van der Waals surface area contributed by atoms with Gasteiger partial charge in [0.25, 0.3) is 0 Å². The van der Waals surface area contributed by atoms with Gasteiger partial charge in [0, 0.05) is 0 Å². The van der Waals surface area contributed by atoms with E-state index >= 15 is 0 Å². The van der Waals surface area contributed by atoms with E-state index in [1.54, 1.807) is 4.90 Å². The normalized spacial score (nSPS) is 9.95. The molecule has 1 amide bonds. The van der Waals surface area contributed by atoms with Crippen LogP contribution in [-0.2, 0) is 4.74 Å². The molecule has 3 nitrogen and oxygen atoms in total. The molecule has 98 valence electrons. The molecule has 0 saturated carbocycles. The van der Waals surface area contributed by atoms with E-state index in [-0.39, 0.29) is 6.09 Å². The Bertz CT molecular complexity index is 471. The molecule has 0 aliphatic heterocycles. The minimum atomic E-state index is -0.348. The topological polar surface area (TPSA) is 29.5 Å². The van der Waals surface area contributed by atoms with Gasteiger partial charge in [0.1, 0.15) is 0 Å². The second-order valence-corrected chi connectivity index (χ2v) is 4.12. The number of carbonyl (C=O) groups excluding carboxylic acids is 1. The van der Waals surface area contributed by atoms with Crippen molar-refractivity contribution in [2.24, 2.45) is 0 Å². The van der Waals surface area contributed by atoms with E-state index in [9.17, 15) is 4.79 Å². The number of carbonyl (C=O) groups is 1. The number of rotatable bonds is 4. The lowest BCUT2D eigenvalue weighted by Gasteiger charge is -2.22. The van der Waals surface area contributed by atoms with E-state index in [2.05, 4.69) is 0 Å². The van der Waals surface area contributed by atoms with Crippen molar-refractivity contribution in [2.75, 3.05) is 11.5 Å². The van der Waals surface area contributed by atoms with Crippen LogP contribution in [0.4, 0.5) is 16.2 Å². The Hall–Kier alpha value is -2.29. The number of benzene rings is 2. The van der Waals surface area contributed by atoms with Crippen molar-refractivity contribution in [3.05, 3.63) is 60.7 Å². The summed E-state index contributed by atoms with van der Waals surface area (Å²) in [5, 5.41) is 0. The summed E-state index contributed by atoms with van der Waals surface area (Å²) in [4.78, 5) is 13.8. The molecule has 0 N–H and O–H groups in total. The first kappa shape index (κ1) is 13.1. The molecule has 0 bridgehead atoms. The summed E-state index contributed by atoms with van der Waals surface area (Å²) >= 11 is 0. The van der Waals surface area contributed by atoms with Gasteiger partial charge in [0.2, 0.25) is 0 Å². The molecule has 0 heterocycles. The zero-order chi connectivity index (χ0) is 13.5. The van der Waals surface area contributed by atoms with Crippen LogP contribution in [0.5, 0.6) is 0 Å². The van der Waals surface area contributed by atoms with Gasteiger partial charge in [-0.25, -0.2) is 9.69 Å². The second-order valence-electron chi connectivity index (χ2n) is 4.12. The maximum absolute atomic E-state index is 12.2. The lowest BCUT2D eigenvalue weighted by atomic mass is 10.2. The van der Waals surface area contributed by atoms with E-state index in [1.165, 1.54) is 0 Å². The fourth-order valence-electron chi connectivity index (χ4n) is 1.77. The van der Waals surface area contributed by atoms with Crippen molar-refractivity contribution in [2.45, 2.75) is 13.3 Å². The maximum atomic E-state index is 12.2. The van der Waals surface area contributed by atoms with Gasteiger partial charge in [-0.2, -0.15) is 0 Å². The highest BCUT2D eigenvalue weighted by Gasteiger charge is 2.18. The summed E-state index contributed by atoms with van der Waals surface area (Å²) < 4.78 is 5.25. The standard InChI is InChI=1S/C16H17NO2/c1-2-13-19-16(18)17(14-9-5-3-6-10-14)15-11-7-4-8-12-15/h3-12H,2,13H2,1H3. The van der Waals surface area contributed by atoms with Gasteiger partial charge in [0.15, 0.2) is 0 Å². The molecule has 0 spiro atoms. The summed E-state index contributed by atoms with van der Waals surface area (Å²) in [6.45, 7) is 2.40. The molecule has 0 saturated heterocycles. The number of nitrogens with zero attached hydrogens (tertiary/aromatic N) is 1. The first-order valence-electron chi connectivity index (χ1n) is 6.40. The molecule has 0 aliphatic rings. The number of hydrogen-bond acceptors (Lipinski definition) is 2. The molecule has 0 aliphatic carbocycles. The van der Waals surface area contributed by atoms with Crippen molar-refractivity contribution in [3.8, 4) is 0 Å². The third-order valence-corrected chi connectivity index (χ3v) is 2.64. The SMILES string of the molecule is CCCOC(=O)N(c1ccccc1)c1ccccc1. The molecular weight excluding hydrogens is 238 g/mol. The molecule has 0 fully saturated rings. The van der Waals surface area contributed by atoms with Crippen LogP contribution in [0.2, 0.25) is 0 Å². The third-order valence-electron chi connectivity index (χ3n) is 2.64. The Balaban J connectivity index is 2.31. The summed E-state index contributed by atoms with van der Waals surface area (Å²) in [5.41, 5.74) is 1.60. The maximum Gasteiger partial charge on any atom is 0.418 e. The zero-order valence-corrected chi connectivity index (χ0v) is 11.0. The van der Waals surface area contributed by atoms with Crippen LogP contribution in [0.15, 0.2) is 60.7 Å². The Morgan fingerprint density at radius 1 is 0.947 bits per heavy atom. The molecule has 3 heteroatoms. The quantitative estimate of drug-likeness (QED) is 0.811. The van der Waals surface area contributed by atoms with Gasteiger partial charge in [-0.3, -0.25) is 0 Å². The highest BCUT2D eigenvalue weighted by Crippen LogP contribution is 2.25. The Labute approximate surface area is 113 Å². The van der Waals surface area contributed by atoms with E-state index < -0.39 is 0 Å². The van der Waals surface area contributed by atoms with Gasteiger partial charge < -0.3 is 4.74 Å². The Morgan fingerprint density at radius 2 is 1.42 bits per heavy atom. The second kappa shape index (κ2) is 6.59. The average Bonchev–Trinajstić information content (AvgIpc) is 2.47. The first-order valence-corrected chi connectivity index (χ1v) is 6.40. The minimum absolute atomic E-state index is 0.348. The van der Waals surface area contributed by atoms with E-state index in [4.69, 9.17) is 4.74 Å². The average molecular weight is 255 g/mol. The van der Waals surface area contributed by atoms with Crippen molar-refractivity contribution >= 4 is 17.5 Å². The highest BCUT2D eigenvalue weighted by molar-refractivity contribution is 5.95. The van der Waals surface area contributed by atoms with E-state index in [1.807, 2.05) is 67.6 Å². The molecule has 2 rings (SSSR count). The molecule has 0 atom stereocenters. The van der Waals surface area contributed by atoms with Crippen LogP contribution in [-0.4, -0.2) is 12.7 Å². The molecule has 2 aromatic carbocycles. The number of hydrogen-bond donors (Lipinski definition) is 0. The zero-order valence-electron chi connectivity index (χ0n) is 11.0. The number of anilines is 2. The monoisotopic (exact) mass is 255 g/mol.